The van der Waals surface area contributed by atoms with E-state index in [0.717, 1.165) is 9.37 Å². The summed E-state index contributed by atoms with van der Waals surface area (Å²) in [6, 6.07) is 7.49. The minimum absolute atomic E-state index is 0.0520. The van der Waals surface area contributed by atoms with Gasteiger partial charge in [-0.2, -0.15) is 5.10 Å². The smallest absolute Gasteiger partial charge is 0.192 e. The first-order valence-corrected chi connectivity index (χ1v) is 7.90. The number of carbonyl (C=O) groups is 1. The van der Waals surface area contributed by atoms with Crippen molar-refractivity contribution >= 4 is 45.1 Å². The Labute approximate surface area is 129 Å². The molecule has 0 N–H and O–H groups in total. The third kappa shape index (κ3) is 3.61. The monoisotopic (exact) mass is 358 g/mol. The fourth-order valence-electron chi connectivity index (χ4n) is 1.65. The number of nitrogens with zero attached hydrogens (tertiary/aromatic N) is 2. The third-order valence-corrected chi connectivity index (χ3v) is 4.33. The molecule has 0 spiro atoms. The van der Waals surface area contributed by atoms with Crippen LogP contribution in [0.1, 0.15) is 17.4 Å². The molecule has 0 fully saturated rings. The van der Waals surface area contributed by atoms with Crippen molar-refractivity contribution in [1.29, 1.82) is 0 Å². The van der Waals surface area contributed by atoms with Gasteiger partial charge >= 0.3 is 0 Å². The lowest BCUT2D eigenvalue weighted by Gasteiger charge is -2.05. The summed E-state index contributed by atoms with van der Waals surface area (Å²) in [5, 5.41) is 4.82. The summed E-state index contributed by atoms with van der Waals surface area (Å²) >= 11 is 10.7. The Kier molecular flexibility index (Phi) is 5.07. The van der Waals surface area contributed by atoms with E-state index in [1.54, 1.807) is 10.9 Å². The average molecular weight is 360 g/mol. The second-order valence-electron chi connectivity index (χ2n) is 3.83. The molecule has 0 atom stereocenters. The van der Waals surface area contributed by atoms with Crippen LogP contribution in [0.25, 0.3) is 0 Å². The largest absolute Gasteiger partial charge is 0.291 e. The van der Waals surface area contributed by atoms with Crippen molar-refractivity contribution in [2.45, 2.75) is 18.4 Å². The summed E-state index contributed by atoms with van der Waals surface area (Å²) in [7, 11) is 0. The van der Waals surface area contributed by atoms with Crippen molar-refractivity contribution < 1.29 is 4.79 Å². The molecule has 0 aliphatic heterocycles. The molecule has 6 heteroatoms. The van der Waals surface area contributed by atoms with E-state index in [9.17, 15) is 4.79 Å². The first-order valence-electron chi connectivity index (χ1n) is 5.74. The molecule has 100 valence electrons. The molecule has 0 radical (unpaired) electrons. The molecule has 3 nitrogen and oxygen atoms in total. The van der Waals surface area contributed by atoms with Crippen LogP contribution < -0.4 is 0 Å². The topological polar surface area (TPSA) is 34.9 Å². The van der Waals surface area contributed by atoms with Crippen LogP contribution in [0.2, 0.25) is 5.02 Å². The van der Waals surface area contributed by atoms with E-state index in [-0.39, 0.29) is 5.78 Å². The molecule has 1 heterocycles. The average Bonchev–Trinajstić information content (AvgIpc) is 2.77. The quantitative estimate of drug-likeness (QED) is 0.590. The standard InChI is InChI=1S/C13H12BrClN2OS/c1-2-17-13(11(14)7-16-17)12(18)8-19-10-5-3-4-9(15)6-10/h3-7H,2,8H2,1H3. The zero-order valence-corrected chi connectivity index (χ0v) is 13.4. The van der Waals surface area contributed by atoms with Gasteiger partial charge in [0, 0.05) is 16.5 Å². The maximum Gasteiger partial charge on any atom is 0.192 e. The Bertz CT molecular complexity index is 600. The van der Waals surface area contributed by atoms with E-state index in [0.29, 0.717) is 23.0 Å². The number of halogens is 2. The molecule has 0 bridgehead atoms. The van der Waals surface area contributed by atoms with Gasteiger partial charge in [0.15, 0.2) is 5.78 Å². The van der Waals surface area contributed by atoms with Crippen LogP contribution in [-0.4, -0.2) is 21.3 Å². The lowest BCUT2D eigenvalue weighted by atomic mass is 10.3. The Morgan fingerprint density at radius 1 is 1.53 bits per heavy atom. The predicted molar refractivity (Wildman–Crippen MR) is 82.1 cm³/mol. The van der Waals surface area contributed by atoms with Crippen molar-refractivity contribution in [3.63, 3.8) is 0 Å². The number of Topliss-reactive ketones (excluding diaryl/α,β-unsaturated/α-hetero) is 1. The van der Waals surface area contributed by atoms with Crippen molar-refractivity contribution in [3.8, 4) is 0 Å². The van der Waals surface area contributed by atoms with E-state index in [4.69, 9.17) is 11.6 Å². The van der Waals surface area contributed by atoms with Crippen molar-refractivity contribution in [2.24, 2.45) is 0 Å². The molecule has 1 aromatic heterocycles. The Hall–Kier alpha value is -0.780. The highest BCUT2D eigenvalue weighted by Gasteiger charge is 2.16. The number of hydrogen-bond acceptors (Lipinski definition) is 3. The molecule has 0 aliphatic rings. The highest BCUT2D eigenvalue weighted by atomic mass is 79.9. The van der Waals surface area contributed by atoms with Gasteiger partial charge in [-0.25, -0.2) is 0 Å². The predicted octanol–water partition coefficient (Wildman–Crippen LogP) is 4.29. The normalized spacial score (nSPS) is 10.7. The first kappa shape index (κ1) is 14.6. The van der Waals surface area contributed by atoms with Gasteiger partial charge in [0.2, 0.25) is 0 Å². The Balaban J connectivity index is 2.07. The summed E-state index contributed by atoms with van der Waals surface area (Å²) in [5.74, 6) is 0.418. The zero-order chi connectivity index (χ0) is 13.8. The van der Waals surface area contributed by atoms with E-state index >= 15 is 0 Å². The van der Waals surface area contributed by atoms with Gasteiger partial charge in [-0.15, -0.1) is 11.8 Å². The van der Waals surface area contributed by atoms with E-state index < -0.39 is 0 Å². The lowest BCUT2D eigenvalue weighted by Crippen LogP contribution is -2.12. The number of rotatable bonds is 5. The molecule has 19 heavy (non-hydrogen) atoms. The van der Waals surface area contributed by atoms with Gasteiger partial charge in [0.25, 0.3) is 0 Å². The van der Waals surface area contributed by atoms with Gasteiger partial charge in [0.1, 0.15) is 5.69 Å². The minimum atomic E-state index is 0.0520. The fraction of sp³-hybridized carbons (Fsp3) is 0.231. The maximum atomic E-state index is 12.2. The van der Waals surface area contributed by atoms with Crippen LogP contribution in [0, 0.1) is 0 Å². The molecule has 1 aromatic carbocycles. The molecule has 2 rings (SSSR count). The number of aromatic nitrogens is 2. The van der Waals surface area contributed by atoms with Gasteiger partial charge in [-0.3, -0.25) is 9.48 Å². The SMILES string of the molecule is CCn1ncc(Br)c1C(=O)CSc1cccc(Cl)c1. The molecule has 2 aromatic rings. The van der Waals surface area contributed by atoms with Crippen LogP contribution in [0.15, 0.2) is 39.8 Å². The van der Waals surface area contributed by atoms with Crippen molar-refractivity contribution in [3.05, 3.63) is 45.7 Å². The Morgan fingerprint density at radius 3 is 3.00 bits per heavy atom. The minimum Gasteiger partial charge on any atom is -0.291 e. The first-order chi connectivity index (χ1) is 9.11. The molecule has 0 unspecified atom stereocenters. The second kappa shape index (κ2) is 6.59. The summed E-state index contributed by atoms with van der Waals surface area (Å²) in [5.41, 5.74) is 0.622. The number of thioether (sulfide) groups is 1. The van der Waals surface area contributed by atoms with Crippen LogP contribution in [0.3, 0.4) is 0 Å². The fourth-order valence-corrected chi connectivity index (χ4v) is 3.25. The lowest BCUT2D eigenvalue weighted by molar-refractivity contribution is 0.101. The van der Waals surface area contributed by atoms with Crippen molar-refractivity contribution in [1.82, 2.24) is 9.78 Å². The van der Waals surface area contributed by atoms with Crippen LogP contribution in [0.5, 0.6) is 0 Å². The summed E-state index contributed by atoms with van der Waals surface area (Å²) in [4.78, 5) is 13.2. The number of benzene rings is 1. The number of aryl methyl sites for hydroxylation is 1. The van der Waals surface area contributed by atoms with E-state index in [1.165, 1.54) is 11.8 Å². The molecule has 0 saturated heterocycles. The molecule has 0 aliphatic carbocycles. The molecule has 0 saturated carbocycles. The second-order valence-corrected chi connectivity index (χ2v) is 6.17. The highest BCUT2D eigenvalue weighted by molar-refractivity contribution is 9.10. The highest BCUT2D eigenvalue weighted by Crippen LogP contribution is 2.24. The van der Waals surface area contributed by atoms with Crippen molar-refractivity contribution in [2.75, 3.05) is 5.75 Å². The Morgan fingerprint density at radius 2 is 2.32 bits per heavy atom. The third-order valence-electron chi connectivity index (χ3n) is 2.52. The molecular formula is C13H12BrClN2OS. The van der Waals surface area contributed by atoms with E-state index in [2.05, 4.69) is 21.0 Å². The van der Waals surface area contributed by atoms with Gasteiger partial charge < -0.3 is 0 Å². The maximum absolute atomic E-state index is 12.2. The molecule has 0 amide bonds. The number of hydrogen-bond donors (Lipinski definition) is 0. The van der Waals surface area contributed by atoms with E-state index in [1.807, 2.05) is 31.2 Å². The van der Waals surface area contributed by atoms with Gasteiger partial charge in [-0.1, -0.05) is 17.7 Å². The van der Waals surface area contributed by atoms with Gasteiger partial charge in [0.05, 0.1) is 16.4 Å². The zero-order valence-electron chi connectivity index (χ0n) is 10.3. The van der Waals surface area contributed by atoms with Crippen LogP contribution in [0.4, 0.5) is 0 Å². The van der Waals surface area contributed by atoms with Crippen LogP contribution in [-0.2, 0) is 6.54 Å². The summed E-state index contributed by atoms with van der Waals surface area (Å²) in [6.45, 7) is 2.63. The number of carbonyl (C=O) groups excluding carboxylic acids is 1. The molecular weight excluding hydrogens is 348 g/mol. The van der Waals surface area contributed by atoms with Crippen LogP contribution >= 0.6 is 39.3 Å². The van der Waals surface area contributed by atoms with Gasteiger partial charge in [-0.05, 0) is 41.1 Å². The number of ketones is 1. The summed E-state index contributed by atoms with van der Waals surface area (Å²) < 4.78 is 2.44. The summed E-state index contributed by atoms with van der Waals surface area (Å²) in [6.07, 6.45) is 1.65.